The molecule has 2 N–H and O–H groups in total. The van der Waals surface area contributed by atoms with Crippen LogP contribution in [0, 0.1) is 3.57 Å². The van der Waals surface area contributed by atoms with E-state index in [-0.39, 0.29) is 0 Å². The molecule has 1 fully saturated rings. The SMILES string of the molecule is Nc1cc(I)ccc1N1CCN(c2ccccn2)CC1. The van der Waals surface area contributed by atoms with E-state index in [9.17, 15) is 0 Å². The van der Waals surface area contributed by atoms with E-state index in [1.165, 1.54) is 3.57 Å². The third kappa shape index (κ3) is 2.82. The molecule has 0 aliphatic carbocycles. The van der Waals surface area contributed by atoms with Crippen molar-refractivity contribution in [3.8, 4) is 0 Å². The van der Waals surface area contributed by atoms with E-state index in [0.29, 0.717) is 0 Å². The molecule has 0 spiro atoms. The number of rotatable bonds is 2. The molecule has 0 radical (unpaired) electrons. The molecule has 1 aliphatic heterocycles. The fraction of sp³-hybridized carbons (Fsp3) is 0.267. The van der Waals surface area contributed by atoms with Crippen molar-refractivity contribution in [3.05, 3.63) is 46.2 Å². The molecule has 0 unspecified atom stereocenters. The van der Waals surface area contributed by atoms with Gasteiger partial charge in [0.25, 0.3) is 0 Å². The smallest absolute Gasteiger partial charge is 0.128 e. The van der Waals surface area contributed by atoms with Gasteiger partial charge in [-0.3, -0.25) is 0 Å². The van der Waals surface area contributed by atoms with E-state index in [1.807, 2.05) is 24.4 Å². The van der Waals surface area contributed by atoms with E-state index in [4.69, 9.17) is 5.73 Å². The van der Waals surface area contributed by atoms with Crippen molar-refractivity contribution < 1.29 is 0 Å². The topological polar surface area (TPSA) is 45.4 Å². The summed E-state index contributed by atoms with van der Waals surface area (Å²) in [5.41, 5.74) is 8.13. The second kappa shape index (κ2) is 5.87. The van der Waals surface area contributed by atoms with E-state index >= 15 is 0 Å². The van der Waals surface area contributed by atoms with Gasteiger partial charge in [-0.05, 0) is 52.9 Å². The molecule has 1 aromatic carbocycles. The number of pyridine rings is 1. The summed E-state index contributed by atoms with van der Waals surface area (Å²) in [6.07, 6.45) is 1.85. The van der Waals surface area contributed by atoms with Gasteiger partial charge >= 0.3 is 0 Å². The maximum Gasteiger partial charge on any atom is 0.128 e. The zero-order chi connectivity index (χ0) is 13.9. The number of nitrogens with two attached hydrogens (primary N) is 1. The quantitative estimate of drug-likeness (QED) is 0.643. The third-order valence-corrected chi connectivity index (χ3v) is 4.25. The van der Waals surface area contributed by atoms with Crippen LogP contribution in [0.1, 0.15) is 0 Å². The minimum absolute atomic E-state index is 0.864. The predicted octanol–water partition coefficient (Wildman–Crippen LogP) is 2.60. The Labute approximate surface area is 132 Å². The number of nitrogens with zero attached hydrogens (tertiary/aromatic N) is 3. The van der Waals surface area contributed by atoms with Crippen LogP contribution >= 0.6 is 22.6 Å². The Balaban J connectivity index is 1.69. The van der Waals surface area contributed by atoms with Crippen LogP contribution in [0.4, 0.5) is 17.2 Å². The van der Waals surface area contributed by atoms with Crippen LogP contribution in [-0.2, 0) is 0 Å². The number of aromatic nitrogens is 1. The maximum absolute atomic E-state index is 6.13. The fourth-order valence-corrected chi connectivity index (χ4v) is 3.05. The van der Waals surface area contributed by atoms with Gasteiger partial charge in [-0.2, -0.15) is 0 Å². The number of halogens is 1. The molecule has 1 aromatic heterocycles. The molecule has 2 aromatic rings. The van der Waals surface area contributed by atoms with Crippen LogP contribution in [0.25, 0.3) is 0 Å². The summed E-state index contributed by atoms with van der Waals surface area (Å²) >= 11 is 2.29. The second-order valence-corrected chi connectivity index (χ2v) is 6.11. The lowest BCUT2D eigenvalue weighted by Crippen LogP contribution is -2.47. The van der Waals surface area contributed by atoms with Gasteiger partial charge < -0.3 is 15.5 Å². The third-order valence-electron chi connectivity index (χ3n) is 3.58. The first-order chi connectivity index (χ1) is 9.74. The van der Waals surface area contributed by atoms with Gasteiger partial charge in [0.2, 0.25) is 0 Å². The van der Waals surface area contributed by atoms with Gasteiger partial charge in [-0.25, -0.2) is 4.98 Å². The normalized spacial score (nSPS) is 15.4. The summed E-state index contributed by atoms with van der Waals surface area (Å²) in [7, 11) is 0. The molecule has 0 amide bonds. The number of hydrogen-bond donors (Lipinski definition) is 1. The highest BCUT2D eigenvalue weighted by Gasteiger charge is 2.19. The van der Waals surface area contributed by atoms with Crippen LogP contribution in [0.15, 0.2) is 42.6 Å². The summed E-state index contributed by atoms with van der Waals surface area (Å²) in [5.74, 6) is 1.06. The number of piperazine rings is 1. The summed E-state index contributed by atoms with van der Waals surface area (Å²) in [5, 5.41) is 0. The lowest BCUT2D eigenvalue weighted by Gasteiger charge is -2.37. The van der Waals surface area contributed by atoms with Crippen molar-refractivity contribution in [1.82, 2.24) is 4.98 Å². The molecule has 0 bridgehead atoms. The minimum atomic E-state index is 0.864. The molecule has 5 heteroatoms. The second-order valence-electron chi connectivity index (χ2n) is 4.87. The van der Waals surface area contributed by atoms with Gasteiger partial charge in [0.05, 0.1) is 11.4 Å². The largest absolute Gasteiger partial charge is 0.397 e. The molecule has 0 atom stereocenters. The number of nitrogen functional groups attached to an aromatic ring is 1. The molecule has 1 saturated heterocycles. The Morgan fingerprint density at radius 2 is 1.75 bits per heavy atom. The number of anilines is 3. The highest BCUT2D eigenvalue weighted by atomic mass is 127. The molecule has 4 nitrogen and oxygen atoms in total. The Morgan fingerprint density at radius 3 is 2.40 bits per heavy atom. The van der Waals surface area contributed by atoms with Crippen molar-refractivity contribution in [1.29, 1.82) is 0 Å². The van der Waals surface area contributed by atoms with Crippen LogP contribution in [0.2, 0.25) is 0 Å². The lowest BCUT2D eigenvalue weighted by atomic mass is 10.2. The van der Waals surface area contributed by atoms with Crippen LogP contribution in [0.5, 0.6) is 0 Å². The molecule has 2 heterocycles. The first-order valence-electron chi connectivity index (χ1n) is 6.70. The van der Waals surface area contributed by atoms with Crippen LogP contribution in [0.3, 0.4) is 0 Å². The average Bonchev–Trinajstić information content (AvgIpc) is 2.48. The Kier molecular flexibility index (Phi) is 3.95. The van der Waals surface area contributed by atoms with E-state index < -0.39 is 0 Å². The zero-order valence-electron chi connectivity index (χ0n) is 11.2. The monoisotopic (exact) mass is 380 g/mol. The summed E-state index contributed by atoms with van der Waals surface area (Å²) < 4.78 is 1.18. The van der Waals surface area contributed by atoms with E-state index in [1.54, 1.807) is 0 Å². The highest BCUT2D eigenvalue weighted by Crippen LogP contribution is 2.26. The molecular formula is C15H17IN4. The van der Waals surface area contributed by atoms with Crippen molar-refractivity contribution >= 4 is 39.8 Å². The molecule has 0 saturated carbocycles. The standard InChI is InChI=1S/C15H17IN4/c16-12-4-5-14(13(17)11-12)19-7-9-20(10-8-19)15-3-1-2-6-18-15/h1-6,11H,7-10,17H2. The van der Waals surface area contributed by atoms with Crippen LogP contribution in [-0.4, -0.2) is 31.2 Å². The fourth-order valence-electron chi connectivity index (χ4n) is 2.53. The Hall–Kier alpha value is -1.50. The van der Waals surface area contributed by atoms with Crippen molar-refractivity contribution in [2.24, 2.45) is 0 Å². The van der Waals surface area contributed by atoms with Gasteiger partial charge in [0.1, 0.15) is 5.82 Å². The first-order valence-corrected chi connectivity index (χ1v) is 7.78. The Morgan fingerprint density at radius 1 is 1.00 bits per heavy atom. The van der Waals surface area contributed by atoms with Gasteiger partial charge in [-0.1, -0.05) is 6.07 Å². The van der Waals surface area contributed by atoms with Crippen molar-refractivity contribution in [3.63, 3.8) is 0 Å². The number of benzene rings is 1. The predicted molar refractivity (Wildman–Crippen MR) is 92.2 cm³/mol. The van der Waals surface area contributed by atoms with Gasteiger partial charge in [-0.15, -0.1) is 0 Å². The van der Waals surface area contributed by atoms with Gasteiger partial charge in [0.15, 0.2) is 0 Å². The Bertz CT molecular complexity index is 580. The zero-order valence-corrected chi connectivity index (χ0v) is 13.3. The van der Waals surface area contributed by atoms with E-state index in [2.05, 4.69) is 55.6 Å². The lowest BCUT2D eigenvalue weighted by molar-refractivity contribution is 0.648. The summed E-state index contributed by atoms with van der Waals surface area (Å²) in [6, 6.07) is 12.3. The molecule has 104 valence electrons. The highest BCUT2D eigenvalue weighted by molar-refractivity contribution is 14.1. The number of hydrogen-bond acceptors (Lipinski definition) is 4. The summed E-state index contributed by atoms with van der Waals surface area (Å²) in [4.78, 5) is 9.08. The van der Waals surface area contributed by atoms with Crippen LogP contribution < -0.4 is 15.5 Å². The molecular weight excluding hydrogens is 363 g/mol. The van der Waals surface area contributed by atoms with E-state index in [0.717, 1.165) is 43.4 Å². The summed E-state index contributed by atoms with van der Waals surface area (Å²) in [6.45, 7) is 3.90. The molecule has 20 heavy (non-hydrogen) atoms. The van der Waals surface area contributed by atoms with Crippen molar-refractivity contribution in [2.45, 2.75) is 0 Å². The van der Waals surface area contributed by atoms with Gasteiger partial charge in [0, 0.05) is 35.9 Å². The molecule has 3 rings (SSSR count). The average molecular weight is 380 g/mol. The first kappa shape index (κ1) is 13.5. The van der Waals surface area contributed by atoms with Crippen molar-refractivity contribution in [2.75, 3.05) is 41.7 Å². The molecule has 1 aliphatic rings. The maximum atomic E-state index is 6.13. The minimum Gasteiger partial charge on any atom is -0.397 e.